The Morgan fingerprint density at radius 1 is 1.09 bits per heavy atom. The maximum Gasteiger partial charge on any atom is 0.203 e. The van der Waals surface area contributed by atoms with E-state index in [1.807, 2.05) is 16.8 Å². The predicted octanol–water partition coefficient (Wildman–Crippen LogP) is 3.25. The van der Waals surface area contributed by atoms with Gasteiger partial charge in [-0.15, -0.1) is 10.2 Å². The van der Waals surface area contributed by atoms with Crippen molar-refractivity contribution in [3.05, 3.63) is 54.6 Å². The molecule has 0 unspecified atom stereocenters. The molecule has 2 fully saturated rings. The van der Waals surface area contributed by atoms with E-state index in [2.05, 4.69) is 50.4 Å². The summed E-state index contributed by atoms with van der Waals surface area (Å²) < 4.78 is 1.95. The fraction of sp³-hybridized carbons (Fsp3) is 0.389. The Bertz CT molecular complexity index is 835. The van der Waals surface area contributed by atoms with Gasteiger partial charge in [0.15, 0.2) is 5.82 Å². The largest absolute Gasteiger partial charge is 0.345 e. The van der Waals surface area contributed by atoms with Crippen LogP contribution in [-0.2, 0) is 0 Å². The normalized spacial score (nSPS) is 22.6. The minimum absolute atomic E-state index is 0.404. The molecule has 5 rings (SSSR count). The molecule has 0 amide bonds. The summed E-state index contributed by atoms with van der Waals surface area (Å²) in [5.41, 5.74) is 2.65. The first-order valence-corrected chi connectivity index (χ1v) is 8.33. The third-order valence-corrected chi connectivity index (χ3v) is 5.56. The summed E-state index contributed by atoms with van der Waals surface area (Å²) in [5.74, 6) is 0.955. The number of anilines is 1. The fourth-order valence-corrected chi connectivity index (χ4v) is 4.56. The van der Waals surface area contributed by atoms with Crippen LogP contribution in [0.15, 0.2) is 49.1 Å². The van der Waals surface area contributed by atoms with Crippen LogP contribution in [-0.4, -0.2) is 26.1 Å². The topological polar surface area (TPSA) is 46.3 Å². The van der Waals surface area contributed by atoms with E-state index in [0.29, 0.717) is 11.5 Å². The van der Waals surface area contributed by atoms with Crippen LogP contribution in [0.2, 0.25) is 0 Å². The van der Waals surface area contributed by atoms with E-state index < -0.39 is 0 Å². The third kappa shape index (κ3) is 1.82. The molecule has 2 aliphatic rings. The van der Waals surface area contributed by atoms with Gasteiger partial charge >= 0.3 is 0 Å². The van der Waals surface area contributed by atoms with Crippen molar-refractivity contribution < 1.29 is 0 Å². The lowest BCUT2D eigenvalue weighted by Crippen LogP contribution is -2.58. The van der Waals surface area contributed by atoms with Gasteiger partial charge < -0.3 is 4.90 Å². The van der Waals surface area contributed by atoms with Gasteiger partial charge in [-0.2, -0.15) is 0 Å². The van der Waals surface area contributed by atoms with Gasteiger partial charge in [-0.05, 0) is 18.4 Å². The molecular formula is C18H19N5. The molecule has 1 aromatic carbocycles. The SMILES string of the molecule is c1ccc([C@H]2N(c3nccn4cnnc34)CC23CCCC3)cc1. The molecule has 3 aromatic rings. The highest BCUT2D eigenvalue weighted by atomic mass is 15.3. The molecule has 1 atom stereocenters. The second-order valence-electron chi connectivity index (χ2n) is 6.82. The van der Waals surface area contributed by atoms with Gasteiger partial charge in [0.2, 0.25) is 5.65 Å². The number of hydrogen-bond donors (Lipinski definition) is 0. The van der Waals surface area contributed by atoms with E-state index in [1.54, 1.807) is 6.33 Å². The Kier molecular flexibility index (Phi) is 2.71. The van der Waals surface area contributed by atoms with Crippen LogP contribution in [0.25, 0.3) is 5.65 Å². The van der Waals surface area contributed by atoms with Crippen LogP contribution in [0.3, 0.4) is 0 Å². The fourth-order valence-electron chi connectivity index (χ4n) is 4.56. The van der Waals surface area contributed by atoms with Gasteiger partial charge in [0.05, 0.1) is 6.04 Å². The standard InChI is InChI=1S/C18H19N5/c1-2-6-14(7-3-1)15-18(8-4-5-9-18)12-23(15)16-17-21-20-13-22(17)11-10-19-16/h1-3,6-7,10-11,13,15H,4-5,8-9,12H2/t15-/m1/s1. The summed E-state index contributed by atoms with van der Waals surface area (Å²) in [4.78, 5) is 7.06. The summed E-state index contributed by atoms with van der Waals surface area (Å²) >= 11 is 0. The highest BCUT2D eigenvalue weighted by molar-refractivity contribution is 5.66. The van der Waals surface area contributed by atoms with Gasteiger partial charge in [-0.3, -0.25) is 4.40 Å². The van der Waals surface area contributed by atoms with Crippen molar-refractivity contribution in [2.45, 2.75) is 31.7 Å². The van der Waals surface area contributed by atoms with Gasteiger partial charge in [-0.25, -0.2) is 4.98 Å². The highest BCUT2D eigenvalue weighted by Gasteiger charge is 2.55. The Morgan fingerprint density at radius 2 is 1.91 bits per heavy atom. The lowest BCUT2D eigenvalue weighted by Gasteiger charge is -2.57. The van der Waals surface area contributed by atoms with Gasteiger partial charge in [0.1, 0.15) is 6.33 Å². The van der Waals surface area contributed by atoms with Gasteiger partial charge in [0.25, 0.3) is 0 Å². The van der Waals surface area contributed by atoms with Crippen LogP contribution in [0.4, 0.5) is 5.82 Å². The lowest BCUT2D eigenvalue weighted by atomic mass is 9.67. The molecule has 1 saturated heterocycles. The van der Waals surface area contributed by atoms with Crippen molar-refractivity contribution >= 4 is 11.5 Å². The van der Waals surface area contributed by atoms with Crippen molar-refractivity contribution in [3.8, 4) is 0 Å². The predicted molar refractivity (Wildman–Crippen MR) is 88.2 cm³/mol. The zero-order chi connectivity index (χ0) is 15.3. The molecule has 3 heterocycles. The number of hydrogen-bond acceptors (Lipinski definition) is 4. The van der Waals surface area contributed by atoms with Crippen molar-refractivity contribution in [1.82, 2.24) is 19.6 Å². The van der Waals surface area contributed by atoms with Crippen LogP contribution in [0.1, 0.15) is 37.3 Å². The first-order chi connectivity index (χ1) is 11.4. The quantitative estimate of drug-likeness (QED) is 0.729. The number of nitrogens with zero attached hydrogens (tertiary/aromatic N) is 5. The van der Waals surface area contributed by atoms with E-state index in [-0.39, 0.29) is 0 Å². The van der Waals surface area contributed by atoms with Crippen molar-refractivity contribution in [3.63, 3.8) is 0 Å². The zero-order valence-corrected chi connectivity index (χ0v) is 13.0. The second-order valence-corrected chi connectivity index (χ2v) is 6.82. The van der Waals surface area contributed by atoms with Crippen LogP contribution in [0, 0.1) is 5.41 Å². The monoisotopic (exact) mass is 305 g/mol. The molecule has 0 bridgehead atoms. The molecule has 5 nitrogen and oxygen atoms in total. The Balaban J connectivity index is 1.62. The van der Waals surface area contributed by atoms with E-state index in [4.69, 9.17) is 0 Å². The Hall–Kier alpha value is -2.43. The Morgan fingerprint density at radius 3 is 2.74 bits per heavy atom. The van der Waals surface area contributed by atoms with Crippen LogP contribution >= 0.6 is 0 Å². The minimum Gasteiger partial charge on any atom is -0.345 e. The molecule has 1 aliphatic carbocycles. The molecule has 1 spiro atoms. The van der Waals surface area contributed by atoms with Crippen LogP contribution in [0.5, 0.6) is 0 Å². The summed E-state index contributed by atoms with van der Waals surface area (Å²) in [6, 6.07) is 11.3. The summed E-state index contributed by atoms with van der Waals surface area (Å²) in [7, 11) is 0. The first kappa shape index (κ1) is 13.0. The maximum atomic E-state index is 4.63. The van der Waals surface area contributed by atoms with Gasteiger partial charge in [-0.1, -0.05) is 43.2 Å². The molecule has 5 heteroatoms. The average molecular weight is 305 g/mol. The second kappa shape index (κ2) is 4.78. The Labute approximate surface area is 135 Å². The molecule has 1 saturated carbocycles. The third-order valence-electron chi connectivity index (χ3n) is 5.56. The summed E-state index contributed by atoms with van der Waals surface area (Å²) in [5, 5.41) is 8.31. The van der Waals surface area contributed by atoms with Crippen molar-refractivity contribution in [2.24, 2.45) is 5.41 Å². The molecule has 23 heavy (non-hydrogen) atoms. The molecule has 0 radical (unpaired) electrons. The number of rotatable bonds is 2. The molecule has 1 aliphatic heterocycles. The smallest absolute Gasteiger partial charge is 0.203 e. The highest BCUT2D eigenvalue weighted by Crippen LogP contribution is 2.59. The van der Waals surface area contributed by atoms with Crippen molar-refractivity contribution in [1.29, 1.82) is 0 Å². The molecule has 116 valence electrons. The lowest BCUT2D eigenvalue weighted by molar-refractivity contribution is 0.135. The van der Waals surface area contributed by atoms with Crippen LogP contribution < -0.4 is 4.90 Å². The molecular weight excluding hydrogens is 286 g/mol. The molecule has 0 N–H and O–H groups in total. The zero-order valence-electron chi connectivity index (χ0n) is 13.0. The minimum atomic E-state index is 0.404. The van der Waals surface area contributed by atoms with E-state index >= 15 is 0 Å². The van der Waals surface area contributed by atoms with E-state index in [0.717, 1.165) is 18.0 Å². The van der Waals surface area contributed by atoms with Gasteiger partial charge in [0, 0.05) is 24.4 Å². The van der Waals surface area contributed by atoms with E-state index in [9.17, 15) is 0 Å². The molecule has 2 aromatic heterocycles. The summed E-state index contributed by atoms with van der Waals surface area (Å²) in [6.07, 6.45) is 10.8. The number of benzene rings is 1. The average Bonchev–Trinajstić information content (AvgIpc) is 3.24. The first-order valence-electron chi connectivity index (χ1n) is 8.33. The maximum absolute atomic E-state index is 4.63. The number of fused-ring (bicyclic) bond motifs is 1. The van der Waals surface area contributed by atoms with E-state index in [1.165, 1.54) is 31.2 Å². The summed E-state index contributed by atoms with van der Waals surface area (Å²) in [6.45, 7) is 1.08. The number of aromatic nitrogens is 4. The van der Waals surface area contributed by atoms with Crippen molar-refractivity contribution in [2.75, 3.05) is 11.4 Å².